The van der Waals surface area contributed by atoms with Gasteiger partial charge in [0.2, 0.25) is 0 Å². The first-order chi connectivity index (χ1) is 10.1. The van der Waals surface area contributed by atoms with Gasteiger partial charge in [-0.1, -0.05) is 18.2 Å². The number of carbonyl (C=O) groups excluding carboxylic acids is 1. The first-order valence-corrected chi connectivity index (χ1v) is 6.71. The molecular weight excluding hydrogens is 271 g/mol. The third-order valence-electron chi connectivity index (χ3n) is 3.11. The van der Waals surface area contributed by atoms with Crippen molar-refractivity contribution in [2.45, 2.75) is 25.5 Å². The van der Waals surface area contributed by atoms with Gasteiger partial charge in [-0.2, -0.15) is 0 Å². The Morgan fingerprint density at radius 3 is 2.62 bits per heavy atom. The lowest BCUT2D eigenvalue weighted by molar-refractivity contribution is 0.0912. The molecule has 0 saturated heterocycles. The van der Waals surface area contributed by atoms with E-state index >= 15 is 0 Å². The molecule has 110 valence electrons. The van der Waals surface area contributed by atoms with Gasteiger partial charge in [-0.25, -0.2) is 4.39 Å². The predicted octanol–water partition coefficient (Wildman–Crippen LogP) is 2.46. The molecule has 2 unspecified atom stereocenters. The topological polar surface area (TPSA) is 62.2 Å². The van der Waals surface area contributed by atoms with Crippen LogP contribution in [0.15, 0.2) is 48.7 Å². The molecule has 0 aliphatic heterocycles. The lowest BCUT2D eigenvalue weighted by atomic mass is 10.0. The highest BCUT2D eigenvalue weighted by Crippen LogP contribution is 2.18. The quantitative estimate of drug-likeness (QED) is 0.888. The summed E-state index contributed by atoms with van der Waals surface area (Å²) in [5, 5.41) is 12.8. The van der Waals surface area contributed by atoms with Crippen LogP contribution in [0, 0.1) is 5.82 Å². The fourth-order valence-electron chi connectivity index (χ4n) is 2.01. The van der Waals surface area contributed by atoms with E-state index in [9.17, 15) is 14.3 Å². The standard InChI is InChI=1S/C16H17FN2O2/c1-11(19-16(21)14-4-2-3-9-18-14)10-15(20)12-5-7-13(17)8-6-12/h2-9,11,15,20H,10H2,1H3,(H,19,21). The Kier molecular flexibility index (Phi) is 5.00. The summed E-state index contributed by atoms with van der Waals surface area (Å²) in [5.41, 5.74) is 0.955. The third-order valence-corrected chi connectivity index (χ3v) is 3.11. The van der Waals surface area contributed by atoms with Crippen LogP contribution in [0.25, 0.3) is 0 Å². The number of rotatable bonds is 5. The highest BCUT2D eigenvalue weighted by atomic mass is 19.1. The Bertz CT molecular complexity index is 587. The van der Waals surface area contributed by atoms with Crippen LogP contribution in [0.1, 0.15) is 35.5 Å². The van der Waals surface area contributed by atoms with E-state index in [0.717, 1.165) is 0 Å². The molecule has 4 nitrogen and oxygen atoms in total. The van der Waals surface area contributed by atoms with Crippen molar-refractivity contribution in [2.75, 3.05) is 0 Å². The Morgan fingerprint density at radius 2 is 2.00 bits per heavy atom. The van der Waals surface area contributed by atoms with Crippen LogP contribution in [0.5, 0.6) is 0 Å². The molecule has 21 heavy (non-hydrogen) atoms. The molecule has 1 heterocycles. The molecule has 0 aliphatic carbocycles. The normalized spacial score (nSPS) is 13.5. The average molecular weight is 288 g/mol. The molecule has 2 rings (SSSR count). The first-order valence-electron chi connectivity index (χ1n) is 6.71. The van der Waals surface area contributed by atoms with Gasteiger partial charge in [-0.05, 0) is 43.2 Å². The summed E-state index contributed by atoms with van der Waals surface area (Å²) >= 11 is 0. The number of halogens is 1. The van der Waals surface area contributed by atoms with Crippen LogP contribution >= 0.6 is 0 Å². The van der Waals surface area contributed by atoms with Crippen molar-refractivity contribution in [2.24, 2.45) is 0 Å². The van der Waals surface area contributed by atoms with Crippen molar-refractivity contribution in [3.8, 4) is 0 Å². The number of aromatic nitrogens is 1. The van der Waals surface area contributed by atoms with Crippen LogP contribution in [0.2, 0.25) is 0 Å². The number of aliphatic hydroxyl groups excluding tert-OH is 1. The highest BCUT2D eigenvalue weighted by Gasteiger charge is 2.15. The van der Waals surface area contributed by atoms with Gasteiger partial charge < -0.3 is 10.4 Å². The molecule has 0 bridgehead atoms. The van der Waals surface area contributed by atoms with Gasteiger partial charge >= 0.3 is 0 Å². The molecule has 2 atom stereocenters. The minimum Gasteiger partial charge on any atom is -0.388 e. The predicted molar refractivity (Wildman–Crippen MR) is 77.1 cm³/mol. The summed E-state index contributed by atoms with van der Waals surface area (Å²) in [7, 11) is 0. The molecule has 0 aliphatic rings. The van der Waals surface area contributed by atoms with Crippen LogP contribution in [-0.2, 0) is 0 Å². The molecule has 0 fully saturated rings. The number of aliphatic hydroxyl groups is 1. The van der Waals surface area contributed by atoms with Gasteiger partial charge in [0, 0.05) is 12.2 Å². The Balaban J connectivity index is 1.91. The molecule has 2 N–H and O–H groups in total. The highest BCUT2D eigenvalue weighted by molar-refractivity contribution is 5.92. The lowest BCUT2D eigenvalue weighted by Crippen LogP contribution is -2.34. The summed E-state index contributed by atoms with van der Waals surface area (Å²) < 4.78 is 12.8. The zero-order chi connectivity index (χ0) is 15.2. The minimum absolute atomic E-state index is 0.237. The van der Waals surface area contributed by atoms with Gasteiger partial charge in [-0.15, -0.1) is 0 Å². The van der Waals surface area contributed by atoms with Crippen molar-refractivity contribution >= 4 is 5.91 Å². The van der Waals surface area contributed by atoms with E-state index in [4.69, 9.17) is 0 Å². The second-order valence-electron chi connectivity index (χ2n) is 4.89. The Labute approximate surface area is 122 Å². The second-order valence-corrected chi connectivity index (χ2v) is 4.89. The maximum Gasteiger partial charge on any atom is 0.270 e. The summed E-state index contributed by atoms with van der Waals surface area (Å²) in [6.45, 7) is 1.80. The van der Waals surface area contributed by atoms with E-state index in [-0.39, 0.29) is 17.8 Å². The molecule has 0 saturated carbocycles. The van der Waals surface area contributed by atoms with Gasteiger partial charge in [0.15, 0.2) is 0 Å². The Hall–Kier alpha value is -2.27. The molecule has 2 aromatic rings. The number of carbonyl (C=O) groups is 1. The number of pyridine rings is 1. The molecule has 0 radical (unpaired) electrons. The van der Waals surface area contributed by atoms with Crippen molar-refractivity contribution in [1.82, 2.24) is 10.3 Å². The van der Waals surface area contributed by atoms with Crippen LogP contribution in [0.3, 0.4) is 0 Å². The second kappa shape index (κ2) is 6.95. The number of hydrogen-bond acceptors (Lipinski definition) is 3. The van der Waals surface area contributed by atoms with Crippen molar-refractivity contribution in [3.63, 3.8) is 0 Å². The third kappa shape index (κ3) is 4.36. The average Bonchev–Trinajstić information content (AvgIpc) is 2.48. The van der Waals surface area contributed by atoms with Crippen molar-refractivity contribution in [3.05, 3.63) is 65.7 Å². The molecule has 1 amide bonds. The Morgan fingerprint density at radius 1 is 1.29 bits per heavy atom. The van der Waals surface area contributed by atoms with E-state index in [0.29, 0.717) is 17.7 Å². The van der Waals surface area contributed by atoms with Crippen LogP contribution in [-0.4, -0.2) is 22.0 Å². The van der Waals surface area contributed by atoms with Gasteiger partial charge in [-0.3, -0.25) is 9.78 Å². The number of hydrogen-bond donors (Lipinski definition) is 2. The monoisotopic (exact) mass is 288 g/mol. The number of amides is 1. The smallest absolute Gasteiger partial charge is 0.270 e. The fourth-order valence-corrected chi connectivity index (χ4v) is 2.01. The van der Waals surface area contributed by atoms with Crippen LogP contribution in [0.4, 0.5) is 4.39 Å². The largest absolute Gasteiger partial charge is 0.388 e. The fraction of sp³-hybridized carbons (Fsp3) is 0.250. The van der Waals surface area contributed by atoms with Crippen molar-refractivity contribution in [1.29, 1.82) is 0 Å². The summed E-state index contributed by atoms with van der Waals surface area (Å²) in [6.07, 6.45) is 1.13. The molecular formula is C16H17FN2O2. The zero-order valence-electron chi connectivity index (χ0n) is 11.7. The molecule has 1 aromatic heterocycles. The van der Waals surface area contributed by atoms with Crippen LogP contribution < -0.4 is 5.32 Å². The number of nitrogens with one attached hydrogen (secondary N) is 1. The zero-order valence-corrected chi connectivity index (χ0v) is 11.7. The summed E-state index contributed by atoms with van der Waals surface area (Å²) in [6, 6.07) is 10.5. The number of nitrogens with zero attached hydrogens (tertiary/aromatic N) is 1. The minimum atomic E-state index is -0.760. The van der Waals surface area contributed by atoms with E-state index in [1.807, 2.05) is 0 Å². The van der Waals surface area contributed by atoms with E-state index in [1.165, 1.54) is 24.3 Å². The van der Waals surface area contributed by atoms with Gasteiger partial charge in [0.1, 0.15) is 11.5 Å². The summed E-state index contributed by atoms with van der Waals surface area (Å²) in [5.74, 6) is -0.628. The first kappa shape index (κ1) is 15.1. The van der Waals surface area contributed by atoms with Gasteiger partial charge in [0.25, 0.3) is 5.91 Å². The maximum atomic E-state index is 12.8. The molecule has 0 spiro atoms. The lowest BCUT2D eigenvalue weighted by Gasteiger charge is -2.18. The van der Waals surface area contributed by atoms with E-state index in [1.54, 1.807) is 31.3 Å². The SMILES string of the molecule is CC(CC(O)c1ccc(F)cc1)NC(=O)c1ccccn1. The van der Waals surface area contributed by atoms with Crippen molar-refractivity contribution < 1.29 is 14.3 Å². The summed E-state index contributed by atoms with van der Waals surface area (Å²) in [4.78, 5) is 15.9. The van der Waals surface area contributed by atoms with E-state index in [2.05, 4.69) is 10.3 Å². The van der Waals surface area contributed by atoms with Gasteiger partial charge in [0.05, 0.1) is 6.10 Å². The maximum absolute atomic E-state index is 12.8. The molecule has 1 aromatic carbocycles. The molecule has 5 heteroatoms. The van der Waals surface area contributed by atoms with E-state index < -0.39 is 6.10 Å². The number of benzene rings is 1.